The molecule has 0 aromatic heterocycles. The van der Waals surface area contributed by atoms with E-state index in [4.69, 9.17) is 0 Å². The van der Waals surface area contributed by atoms with Crippen LogP contribution in [0.4, 0.5) is 0 Å². The van der Waals surface area contributed by atoms with Gasteiger partial charge in [-0.2, -0.15) is 0 Å². The van der Waals surface area contributed by atoms with Crippen molar-refractivity contribution in [2.75, 3.05) is 6.17 Å². The summed E-state index contributed by atoms with van der Waals surface area (Å²) in [5.74, 6) is -0.876. The molecule has 0 heterocycles. The van der Waals surface area contributed by atoms with Gasteiger partial charge in [-0.1, -0.05) is 32.0 Å². The summed E-state index contributed by atoms with van der Waals surface area (Å²) in [4.78, 5) is 54.0. The third kappa shape index (κ3) is 6.43. The van der Waals surface area contributed by atoms with Gasteiger partial charge in [0, 0.05) is 23.1 Å². The van der Waals surface area contributed by atoms with E-state index >= 15 is 0 Å². The molecule has 23 heavy (non-hydrogen) atoms. The van der Waals surface area contributed by atoms with Crippen LogP contribution in [0.15, 0.2) is 24.3 Å². The molecule has 0 saturated heterocycles. The SMILES string of the molecule is CC(C)C[C@@H]([C]=O)C[Si](O)(O)CNC(=O)c1ccccc1C=O. The molecule has 0 aliphatic heterocycles. The van der Waals surface area contributed by atoms with E-state index < -0.39 is 20.4 Å². The van der Waals surface area contributed by atoms with Crippen LogP contribution >= 0.6 is 0 Å². The van der Waals surface area contributed by atoms with Gasteiger partial charge < -0.3 is 14.9 Å². The van der Waals surface area contributed by atoms with Crippen molar-refractivity contribution in [3.05, 3.63) is 35.4 Å². The molecule has 1 aromatic carbocycles. The largest absolute Gasteiger partial charge is 0.410 e. The van der Waals surface area contributed by atoms with E-state index in [0.29, 0.717) is 12.7 Å². The van der Waals surface area contributed by atoms with Crippen molar-refractivity contribution in [3.63, 3.8) is 0 Å². The Morgan fingerprint density at radius 1 is 1.35 bits per heavy atom. The molecule has 1 rings (SSSR count). The maximum Gasteiger partial charge on any atom is 0.353 e. The van der Waals surface area contributed by atoms with Crippen LogP contribution in [0.2, 0.25) is 6.04 Å². The molecule has 0 spiro atoms. The van der Waals surface area contributed by atoms with Gasteiger partial charge in [0.05, 0.1) is 6.17 Å². The molecule has 6 nitrogen and oxygen atoms in total. The van der Waals surface area contributed by atoms with Crippen molar-refractivity contribution >= 4 is 27.0 Å². The van der Waals surface area contributed by atoms with Crippen molar-refractivity contribution < 1.29 is 24.0 Å². The van der Waals surface area contributed by atoms with E-state index in [9.17, 15) is 24.0 Å². The minimum absolute atomic E-state index is 0.0791. The number of rotatable bonds is 9. The number of carbonyl (C=O) groups excluding carboxylic acids is 3. The first-order chi connectivity index (χ1) is 10.8. The fourth-order valence-corrected chi connectivity index (χ4v) is 3.96. The average molecular weight is 336 g/mol. The second-order valence-electron chi connectivity index (χ2n) is 6.02. The molecule has 0 saturated carbocycles. The van der Waals surface area contributed by atoms with Crippen molar-refractivity contribution in [2.45, 2.75) is 26.3 Å². The Hall–Kier alpha value is -1.83. The highest BCUT2D eigenvalue weighted by molar-refractivity contribution is 6.65. The summed E-state index contributed by atoms with van der Waals surface area (Å²) in [6.07, 6.45) is 2.60. The summed E-state index contributed by atoms with van der Waals surface area (Å²) in [6, 6.07) is 6.16. The van der Waals surface area contributed by atoms with Crippen molar-refractivity contribution in [2.24, 2.45) is 11.8 Å². The van der Waals surface area contributed by atoms with Gasteiger partial charge in [0.1, 0.15) is 0 Å². The highest BCUT2D eigenvalue weighted by Gasteiger charge is 2.34. The van der Waals surface area contributed by atoms with Crippen molar-refractivity contribution in [3.8, 4) is 0 Å². The first-order valence-electron chi connectivity index (χ1n) is 7.44. The van der Waals surface area contributed by atoms with Gasteiger partial charge in [-0.15, -0.1) is 0 Å². The molecule has 0 aliphatic rings. The Balaban J connectivity index is 2.66. The third-order valence-electron chi connectivity index (χ3n) is 3.36. The third-order valence-corrected chi connectivity index (χ3v) is 5.25. The quantitative estimate of drug-likeness (QED) is 0.460. The maximum absolute atomic E-state index is 12.1. The zero-order valence-electron chi connectivity index (χ0n) is 13.3. The summed E-state index contributed by atoms with van der Waals surface area (Å²) >= 11 is 0. The predicted molar refractivity (Wildman–Crippen MR) is 87.8 cm³/mol. The van der Waals surface area contributed by atoms with Gasteiger partial charge in [0.25, 0.3) is 5.91 Å². The predicted octanol–water partition coefficient (Wildman–Crippen LogP) is 0.967. The molecule has 1 amide bonds. The summed E-state index contributed by atoms with van der Waals surface area (Å²) in [5, 5.41) is 2.43. The Morgan fingerprint density at radius 2 is 2.00 bits per heavy atom. The van der Waals surface area contributed by atoms with Crippen molar-refractivity contribution in [1.82, 2.24) is 5.32 Å². The molecule has 0 unspecified atom stereocenters. The highest BCUT2D eigenvalue weighted by Crippen LogP contribution is 2.18. The topological polar surface area (TPSA) is 104 Å². The van der Waals surface area contributed by atoms with Gasteiger partial charge in [0.2, 0.25) is 6.29 Å². The monoisotopic (exact) mass is 336 g/mol. The lowest BCUT2D eigenvalue weighted by atomic mass is 10.0. The molecule has 7 heteroatoms. The highest BCUT2D eigenvalue weighted by atomic mass is 28.4. The lowest BCUT2D eigenvalue weighted by Crippen LogP contribution is -2.49. The van der Waals surface area contributed by atoms with Crippen LogP contribution in [0.5, 0.6) is 0 Å². The van der Waals surface area contributed by atoms with Gasteiger partial charge in [-0.25, -0.2) is 0 Å². The van der Waals surface area contributed by atoms with Crippen LogP contribution in [0.25, 0.3) is 0 Å². The summed E-state index contributed by atoms with van der Waals surface area (Å²) in [7, 11) is -3.76. The van der Waals surface area contributed by atoms with Gasteiger partial charge in [0.15, 0.2) is 6.29 Å². The van der Waals surface area contributed by atoms with E-state index in [1.807, 2.05) is 20.1 Å². The second-order valence-corrected chi connectivity index (χ2v) is 8.75. The number of aldehydes is 1. The molecular formula is C16H22NO5Si. The molecule has 0 aliphatic carbocycles. The summed E-state index contributed by atoms with van der Waals surface area (Å²) in [5.41, 5.74) is 0.403. The Kier molecular flexibility index (Phi) is 7.28. The zero-order valence-corrected chi connectivity index (χ0v) is 14.3. The molecule has 0 bridgehead atoms. The normalized spacial score (nSPS) is 12.7. The molecule has 0 fully saturated rings. The van der Waals surface area contributed by atoms with Crippen LogP contribution in [0.3, 0.4) is 0 Å². The number of carbonyl (C=O) groups is 2. The minimum atomic E-state index is -3.76. The molecule has 1 radical (unpaired) electrons. The molecule has 3 N–H and O–H groups in total. The van der Waals surface area contributed by atoms with Crippen LogP contribution in [-0.2, 0) is 4.79 Å². The second kappa shape index (κ2) is 8.71. The average Bonchev–Trinajstić information content (AvgIpc) is 2.51. The number of amides is 1. The van der Waals surface area contributed by atoms with E-state index in [1.165, 1.54) is 12.1 Å². The number of benzene rings is 1. The Bertz CT molecular complexity index is 559. The molecular weight excluding hydrogens is 314 g/mol. The zero-order chi connectivity index (χ0) is 17.5. The summed E-state index contributed by atoms with van der Waals surface area (Å²) in [6.45, 7) is 3.86. The van der Waals surface area contributed by atoms with Crippen molar-refractivity contribution in [1.29, 1.82) is 0 Å². The standard InChI is InChI=1S/C16H22NO5Si/c1-12(2)7-13(8-18)10-23(21,22)11-17-16(20)15-6-4-3-5-14(15)9-19/h3-6,9,12-13,21-22H,7,10-11H2,1-2H3,(H,17,20)/t13-/m0/s1. The first-order valence-corrected chi connectivity index (χ1v) is 9.74. The lowest BCUT2D eigenvalue weighted by Gasteiger charge is -2.22. The van der Waals surface area contributed by atoms with E-state index in [-0.39, 0.29) is 29.3 Å². The fourth-order valence-electron chi connectivity index (χ4n) is 2.33. The Labute approximate surface area is 136 Å². The maximum atomic E-state index is 12.1. The van der Waals surface area contributed by atoms with E-state index in [1.54, 1.807) is 12.1 Å². The summed E-state index contributed by atoms with van der Waals surface area (Å²) < 4.78 is 0. The van der Waals surface area contributed by atoms with Crippen LogP contribution in [-0.4, -0.2) is 42.8 Å². The number of hydrogen-bond donors (Lipinski definition) is 3. The smallest absolute Gasteiger partial charge is 0.353 e. The number of hydrogen-bond acceptors (Lipinski definition) is 5. The van der Waals surface area contributed by atoms with Crippen LogP contribution in [0, 0.1) is 11.8 Å². The lowest BCUT2D eigenvalue weighted by molar-refractivity contribution is 0.0949. The fraction of sp³-hybridized carbons (Fsp3) is 0.438. The molecule has 125 valence electrons. The van der Waals surface area contributed by atoms with E-state index in [2.05, 4.69) is 5.32 Å². The van der Waals surface area contributed by atoms with Crippen LogP contribution < -0.4 is 5.32 Å². The molecule has 1 aromatic rings. The van der Waals surface area contributed by atoms with Gasteiger partial charge >= 0.3 is 8.56 Å². The van der Waals surface area contributed by atoms with Gasteiger partial charge in [-0.05, 0) is 18.4 Å². The van der Waals surface area contributed by atoms with Gasteiger partial charge in [-0.3, -0.25) is 14.4 Å². The molecule has 1 atom stereocenters. The minimum Gasteiger partial charge on any atom is -0.410 e. The van der Waals surface area contributed by atoms with Crippen LogP contribution in [0.1, 0.15) is 41.0 Å². The first kappa shape index (κ1) is 19.2. The van der Waals surface area contributed by atoms with E-state index in [0.717, 1.165) is 0 Å². The number of nitrogens with one attached hydrogen (secondary N) is 1. The Morgan fingerprint density at radius 3 is 2.57 bits per heavy atom.